The lowest BCUT2D eigenvalue weighted by molar-refractivity contribution is -0.587. The second kappa shape index (κ2) is 4.88. The predicted molar refractivity (Wildman–Crippen MR) is 74.1 cm³/mol. The van der Waals surface area contributed by atoms with Gasteiger partial charge in [-0.05, 0) is 12.1 Å². The molecule has 2 aromatic carbocycles. The highest BCUT2D eigenvalue weighted by Gasteiger charge is 2.14. The first-order chi connectivity index (χ1) is 8.83. The average Bonchev–Trinajstić information content (AvgIpc) is 2.90. The molecule has 0 spiro atoms. The van der Waals surface area contributed by atoms with Crippen LogP contribution < -0.4 is 4.07 Å². The third-order valence-electron chi connectivity index (χ3n) is 2.58. The van der Waals surface area contributed by atoms with Gasteiger partial charge in [-0.15, -0.1) is 0 Å². The Kier molecular flexibility index (Phi) is 3.09. The van der Waals surface area contributed by atoms with Crippen molar-refractivity contribution >= 4 is 23.1 Å². The molecule has 0 aliphatic heterocycles. The molecule has 0 aliphatic carbocycles. The second-order valence-electron chi connectivity index (χ2n) is 3.82. The van der Waals surface area contributed by atoms with Crippen LogP contribution in [-0.2, 0) is 0 Å². The van der Waals surface area contributed by atoms with Crippen molar-refractivity contribution in [2.45, 2.75) is 0 Å². The van der Waals surface area contributed by atoms with Crippen LogP contribution in [0.1, 0.15) is 0 Å². The fraction of sp³-hybridized carbons (Fsp3) is 0. The minimum atomic E-state index is 0.735. The van der Waals surface area contributed by atoms with Gasteiger partial charge in [-0.3, -0.25) is 0 Å². The van der Waals surface area contributed by atoms with Gasteiger partial charge in [-0.2, -0.15) is 0 Å². The molecule has 3 aromatic rings. The minimum absolute atomic E-state index is 0.735. The van der Waals surface area contributed by atoms with Crippen molar-refractivity contribution in [2.75, 3.05) is 0 Å². The summed E-state index contributed by atoms with van der Waals surface area (Å²) < 4.78 is 1.89. The van der Waals surface area contributed by atoms with E-state index in [0.717, 1.165) is 22.0 Å². The molecule has 18 heavy (non-hydrogen) atoms. The summed E-state index contributed by atoms with van der Waals surface area (Å²) in [5.74, 6) is 0. The van der Waals surface area contributed by atoms with E-state index in [1.807, 2.05) is 51.9 Å². The van der Waals surface area contributed by atoms with Gasteiger partial charge in [0.2, 0.25) is 0 Å². The Labute approximate surface area is 114 Å². The lowest BCUT2D eigenvalue weighted by atomic mass is 10.2. The molecule has 0 N–H and O–H groups in total. The van der Waals surface area contributed by atoms with Crippen molar-refractivity contribution in [2.24, 2.45) is 0 Å². The normalized spacial score (nSPS) is 10.5. The molecular weight excluding hydrogens is 264 g/mol. The zero-order chi connectivity index (χ0) is 12.4. The van der Waals surface area contributed by atoms with Crippen molar-refractivity contribution in [3.8, 4) is 16.9 Å². The molecule has 0 atom stereocenters. The number of rotatable bonds is 2. The molecule has 3 rings (SSSR count). The maximum Gasteiger partial charge on any atom is 0.253 e. The largest absolute Gasteiger partial charge is 0.253 e. The molecule has 2 nitrogen and oxygen atoms in total. The summed E-state index contributed by atoms with van der Waals surface area (Å²) in [4.78, 5) is 0. The van der Waals surface area contributed by atoms with Gasteiger partial charge in [0.1, 0.15) is 0 Å². The average molecular weight is 274 g/mol. The molecule has 0 unspecified atom stereocenters. The van der Waals surface area contributed by atoms with Crippen LogP contribution in [0.4, 0.5) is 0 Å². The number of benzene rings is 2. The summed E-state index contributed by atoms with van der Waals surface area (Å²) in [5.41, 5.74) is 3.13. The van der Waals surface area contributed by atoms with Gasteiger partial charge in [0.25, 0.3) is 5.69 Å². The van der Waals surface area contributed by atoms with Crippen LogP contribution in [-0.4, -0.2) is 5.10 Å². The van der Waals surface area contributed by atoms with Crippen molar-refractivity contribution in [1.29, 1.82) is 0 Å². The molecule has 1 heterocycles. The summed E-state index contributed by atoms with van der Waals surface area (Å²) >= 11 is 7.44. The molecule has 1 aromatic heterocycles. The van der Waals surface area contributed by atoms with E-state index < -0.39 is 0 Å². The SMILES string of the molecule is Clc1ccc(-[n+]2nc(-c3ccccc3)cs2)cc1. The van der Waals surface area contributed by atoms with Crippen LogP contribution in [0.2, 0.25) is 5.02 Å². The fourth-order valence-electron chi connectivity index (χ4n) is 1.67. The minimum Gasteiger partial charge on any atom is -0.0843 e. The first-order valence-corrected chi connectivity index (χ1v) is 6.74. The molecule has 0 saturated carbocycles. The molecule has 0 amide bonds. The Hall–Kier alpha value is -1.71. The van der Waals surface area contributed by atoms with Crippen LogP contribution in [0.3, 0.4) is 0 Å². The number of nitrogens with zero attached hydrogens (tertiary/aromatic N) is 2. The number of aromatic nitrogens is 2. The maximum atomic E-state index is 5.87. The van der Waals surface area contributed by atoms with Crippen molar-refractivity contribution in [3.05, 3.63) is 65.0 Å². The van der Waals surface area contributed by atoms with Gasteiger partial charge >= 0.3 is 0 Å². The first kappa shape index (κ1) is 11.4. The molecule has 0 bridgehead atoms. The van der Waals surface area contributed by atoms with E-state index >= 15 is 0 Å². The van der Waals surface area contributed by atoms with Gasteiger partial charge < -0.3 is 0 Å². The molecule has 88 valence electrons. The van der Waals surface area contributed by atoms with Gasteiger partial charge in [0.15, 0.2) is 17.2 Å². The summed E-state index contributed by atoms with van der Waals surface area (Å²) in [5, 5.41) is 7.35. The molecule has 0 aliphatic rings. The standard InChI is InChI=1S/C14H10ClN2S/c15-12-6-8-13(9-7-12)17-16-14(10-18-17)11-4-2-1-3-5-11/h1-10H/q+1. The fourth-order valence-corrected chi connectivity index (χ4v) is 2.55. The number of hydrogen-bond acceptors (Lipinski definition) is 2. The number of hydrogen-bond donors (Lipinski definition) is 0. The Morgan fingerprint density at radius 2 is 1.67 bits per heavy atom. The van der Waals surface area contributed by atoms with E-state index in [0.29, 0.717) is 0 Å². The third kappa shape index (κ3) is 2.28. The van der Waals surface area contributed by atoms with Gasteiger partial charge in [0, 0.05) is 31.9 Å². The number of halogens is 1. The van der Waals surface area contributed by atoms with Gasteiger partial charge in [-0.25, -0.2) is 0 Å². The summed E-state index contributed by atoms with van der Waals surface area (Å²) in [6.45, 7) is 0. The molecule has 4 heteroatoms. The zero-order valence-electron chi connectivity index (χ0n) is 9.45. The van der Waals surface area contributed by atoms with E-state index in [4.69, 9.17) is 11.6 Å². The zero-order valence-corrected chi connectivity index (χ0v) is 11.0. The van der Waals surface area contributed by atoms with Crippen molar-refractivity contribution in [1.82, 2.24) is 5.10 Å². The molecular formula is C14H10ClN2S+. The Bertz CT molecular complexity index is 647. The highest BCUT2D eigenvalue weighted by atomic mass is 35.5. The maximum absolute atomic E-state index is 5.87. The molecule has 0 radical (unpaired) electrons. The summed E-state index contributed by atoms with van der Waals surface area (Å²) in [6, 6.07) is 17.8. The highest BCUT2D eigenvalue weighted by molar-refractivity contribution is 6.99. The van der Waals surface area contributed by atoms with Crippen LogP contribution in [0.5, 0.6) is 0 Å². The molecule has 0 saturated heterocycles. The topological polar surface area (TPSA) is 16.8 Å². The van der Waals surface area contributed by atoms with Gasteiger partial charge in [0.05, 0.1) is 5.38 Å². The van der Waals surface area contributed by atoms with E-state index in [2.05, 4.69) is 17.2 Å². The van der Waals surface area contributed by atoms with Crippen LogP contribution >= 0.6 is 23.1 Å². The van der Waals surface area contributed by atoms with E-state index in [1.165, 1.54) is 0 Å². The lowest BCUT2D eigenvalue weighted by Crippen LogP contribution is -2.28. The predicted octanol–water partition coefficient (Wildman–Crippen LogP) is 3.74. The summed E-state index contributed by atoms with van der Waals surface area (Å²) in [6.07, 6.45) is 0. The van der Waals surface area contributed by atoms with E-state index in [9.17, 15) is 0 Å². The van der Waals surface area contributed by atoms with Gasteiger partial charge in [-0.1, -0.05) is 41.9 Å². The quantitative estimate of drug-likeness (QED) is 0.650. The third-order valence-corrected chi connectivity index (χ3v) is 3.65. The monoisotopic (exact) mass is 273 g/mol. The van der Waals surface area contributed by atoms with Crippen molar-refractivity contribution < 1.29 is 4.07 Å². The smallest absolute Gasteiger partial charge is 0.0843 e. The first-order valence-electron chi connectivity index (χ1n) is 5.53. The Morgan fingerprint density at radius 1 is 0.944 bits per heavy atom. The second-order valence-corrected chi connectivity index (χ2v) is 5.05. The van der Waals surface area contributed by atoms with Crippen LogP contribution in [0.25, 0.3) is 16.9 Å². The lowest BCUT2D eigenvalue weighted by Gasteiger charge is -1.91. The Morgan fingerprint density at radius 3 is 2.39 bits per heavy atom. The van der Waals surface area contributed by atoms with E-state index in [-0.39, 0.29) is 0 Å². The highest BCUT2D eigenvalue weighted by Crippen LogP contribution is 2.17. The van der Waals surface area contributed by atoms with Crippen LogP contribution in [0.15, 0.2) is 60.0 Å². The van der Waals surface area contributed by atoms with E-state index in [1.54, 1.807) is 11.5 Å². The van der Waals surface area contributed by atoms with Crippen LogP contribution in [0, 0.1) is 0 Å². The summed E-state index contributed by atoms with van der Waals surface area (Å²) in [7, 11) is 0. The Balaban J connectivity index is 1.97. The van der Waals surface area contributed by atoms with Crippen molar-refractivity contribution in [3.63, 3.8) is 0 Å². The molecule has 0 fully saturated rings.